The zero-order chi connectivity index (χ0) is 20.0. The summed E-state index contributed by atoms with van der Waals surface area (Å²) in [5.41, 5.74) is 2.95. The summed E-state index contributed by atoms with van der Waals surface area (Å²) >= 11 is 3.23. The van der Waals surface area contributed by atoms with Gasteiger partial charge < -0.3 is 5.11 Å². The van der Waals surface area contributed by atoms with Gasteiger partial charge in [0, 0.05) is 11.5 Å². The Morgan fingerprint density at radius 2 is 1.74 bits per heavy atom. The molecule has 0 radical (unpaired) electrons. The summed E-state index contributed by atoms with van der Waals surface area (Å²) < 4.78 is 26.5. The van der Waals surface area contributed by atoms with Crippen molar-refractivity contribution in [1.29, 1.82) is 0 Å². The Hall–Kier alpha value is -2.56. The molecule has 0 bridgehead atoms. The van der Waals surface area contributed by atoms with Crippen LogP contribution in [0, 0.1) is 0 Å². The lowest BCUT2D eigenvalue weighted by atomic mass is 10.1. The lowest BCUT2D eigenvalue weighted by Crippen LogP contribution is -2.36. The van der Waals surface area contributed by atoms with Crippen LogP contribution in [0.3, 0.4) is 0 Å². The number of carbonyl (C=O) groups excluding carboxylic acids is 1. The molecule has 0 aliphatic rings. The molecule has 2 N–H and O–H groups in total. The normalized spacial score (nSPS) is 11.7. The van der Waals surface area contributed by atoms with E-state index < -0.39 is 28.4 Å². The fraction of sp³-hybridized carbons (Fsp3) is 0.118. The number of carboxylic acid groups (broad SMARTS) is 1. The third-order valence-corrected chi connectivity index (χ3v) is 5.79. The summed E-state index contributed by atoms with van der Waals surface area (Å²) in [6.45, 7) is -0.409. The maximum absolute atomic E-state index is 12.4. The van der Waals surface area contributed by atoms with Gasteiger partial charge in [0.15, 0.2) is 0 Å². The maximum Gasteiger partial charge on any atom is 0.335 e. The Bertz CT molecular complexity index is 957. The molecule has 0 unspecified atom stereocenters. The number of hydrogen-bond donors (Lipinski definition) is 2. The minimum Gasteiger partial charge on any atom is -0.478 e. The Balaban J connectivity index is 1.94. The van der Waals surface area contributed by atoms with Crippen molar-refractivity contribution in [3.05, 3.63) is 64.1 Å². The van der Waals surface area contributed by atoms with Gasteiger partial charge >= 0.3 is 5.97 Å². The maximum atomic E-state index is 12.4. The van der Waals surface area contributed by atoms with E-state index in [4.69, 9.17) is 5.11 Å². The zero-order valence-electron chi connectivity index (χ0n) is 14.2. The Morgan fingerprint density at radius 3 is 2.30 bits per heavy atom. The highest BCUT2D eigenvalue weighted by Crippen LogP contribution is 2.17. The smallest absolute Gasteiger partial charge is 0.335 e. The predicted octanol–water partition coefficient (Wildman–Crippen LogP) is 1.92. The van der Waals surface area contributed by atoms with Crippen LogP contribution >= 0.6 is 15.9 Å². The molecular formula is C17H16BrN3O5S. The number of nitrogens with one attached hydrogen (secondary N) is 1. The van der Waals surface area contributed by atoms with Gasteiger partial charge in [-0.15, -0.1) is 0 Å². The van der Waals surface area contributed by atoms with E-state index >= 15 is 0 Å². The highest BCUT2D eigenvalue weighted by molar-refractivity contribution is 9.10. The third kappa shape index (κ3) is 5.71. The summed E-state index contributed by atoms with van der Waals surface area (Å²) in [5, 5.41) is 12.6. The first-order chi connectivity index (χ1) is 12.7. The molecule has 10 heteroatoms. The molecule has 1 amide bonds. The first kappa shape index (κ1) is 20.7. The zero-order valence-corrected chi connectivity index (χ0v) is 16.6. The van der Waals surface area contributed by atoms with Gasteiger partial charge in [0.1, 0.15) is 0 Å². The van der Waals surface area contributed by atoms with Crippen molar-refractivity contribution in [2.45, 2.75) is 4.90 Å². The Labute approximate surface area is 164 Å². The number of aromatic carboxylic acids is 1. The molecule has 0 heterocycles. The number of benzene rings is 2. The fourth-order valence-electron chi connectivity index (χ4n) is 2.00. The van der Waals surface area contributed by atoms with Gasteiger partial charge in [-0.05, 0) is 42.0 Å². The van der Waals surface area contributed by atoms with Crippen LogP contribution in [0.5, 0.6) is 0 Å². The molecule has 0 atom stereocenters. The average Bonchev–Trinajstić information content (AvgIpc) is 2.62. The molecule has 142 valence electrons. The Morgan fingerprint density at radius 1 is 1.15 bits per heavy atom. The van der Waals surface area contributed by atoms with Crippen molar-refractivity contribution in [1.82, 2.24) is 9.73 Å². The molecule has 2 aromatic rings. The largest absolute Gasteiger partial charge is 0.478 e. The minimum atomic E-state index is -3.80. The summed E-state index contributed by atoms with van der Waals surface area (Å²) in [6.07, 6.45) is 1.33. The average molecular weight is 454 g/mol. The molecule has 0 aliphatic heterocycles. The van der Waals surface area contributed by atoms with Gasteiger partial charge in [0.05, 0.1) is 23.2 Å². The van der Waals surface area contributed by atoms with Gasteiger partial charge in [-0.3, -0.25) is 4.79 Å². The molecule has 2 aromatic carbocycles. The van der Waals surface area contributed by atoms with Crippen LogP contribution in [0.25, 0.3) is 0 Å². The van der Waals surface area contributed by atoms with Crippen LogP contribution in [0.15, 0.2) is 63.0 Å². The summed E-state index contributed by atoms with van der Waals surface area (Å²) in [4.78, 5) is 22.7. The Kier molecular flexibility index (Phi) is 6.83. The summed E-state index contributed by atoms with van der Waals surface area (Å²) in [5.74, 6) is -1.65. The monoisotopic (exact) mass is 453 g/mol. The summed E-state index contributed by atoms with van der Waals surface area (Å²) in [6, 6.07) is 11.9. The van der Waals surface area contributed by atoms with Crippen LogP contribution in [0.2, 0.25) is 0 Å². The quantitative estimate of drug-likeness (QED) is 0.490. The van der Waals surface area contributed by atoms with Gasteiger partial charge in [0.2, 0.25) is 10.0 Å². The highest BCUT2D eigenvalue weighted by atomic mass is 79.9. The molecule has 0 fully saturated rings. The molecule has 0 saturated heterocycles. The number of halogens is 1. The van der Waals surface area contributed by atoms with Crippen LogP contribution < -0.4 is 5.43 Å². The van der Waals surface area contributed by atoms with E-state index in [1.165, 1.54) is 49.7 Å². The molecule has 0 aromatic heterocycles. The van der Waals surface area contributed by atoms with Gasteiger partial charge in [0.25, 0.3) is 5.91 Å². The standard InChI is InChI=1S/C17H16BrN3O5S/c1-21(27(25,26)15-8-6-14(18)7-9-15)11-16(22)20-19-10-12-2-4-13(5-3-12)17(23)24/h2-10H,11H2,1H3,(H,20,22)(H,23,24)/b19-10-. The number of carbonyl (C=O) groups is 2. The molecular weight excluding hydrogens is 438 g/mol. The van der Waals surface area contributed by atoms with Gasteiger partial charge in [-0.1, -0.05) is 28.1 Å². The first-order valence-corrected chi connectivity index (χ1v) is 9.80. The molecule has 0 aliphatic carbocycles. The van der Waals surface area contributed by atoms with Crippen LogP contribution in [0.1, 0.15) is 15.9 Å². The van der Waals surface area contributed by atoms with Crippen molar-refractivity contribution in [3.63, 3.8) is 0 Å². The molecule has 0 spiro atoms. The van der Waals surface area contributed by atoms with Crippen LogP contribution in [-0.2, 0) is 14.8 Å². The fourth-order valence-corrected chi connectivity index (χ4v) is 3.39. The van der Waals surface area contributed by atoms with Crippen molar-refractivity contribution < 1.29 is 23.1 Å². The SMILES string of the molecule is CN(CC(=O)N/N=C\c1ccc(C(=O)O)cc1)S(=O)(=O)c1ccc(Br)cc1. The van der Waals surface area contributed by atoms with E-state index in [0.717, 1.165) is 8.78 Å². The predicted molar refractivity (Wildman–Crippen MR) is 103 cm³/mol. The summed E-state index contributed by atoms with van der Waals surface area (Å²) in [7, 11) is -2.50. The number of likely N-dealkylation sites (N-methyl/N-ethyl adjacent to an activating group) is 1. The first-order valence-electron chi connectivity index (χ1n) is 7.57. The number of amides is 1. The number of nitrogens with zero attached hydrogens (tertiary/aromatic N) is 2. The number of carboxylic acids is 1. The van der Waals surface area contributed by atoms with Crippen molar-refractivity contribution in [2.75, 3.05) is 13.6 Å². The van der Waals surface area contributed by atoms with E-state index in [1.54, 1.807) is 12.1 Å². The molecule has 2 rings (SSSR count). The van der Waals surface area contributed by atoms with Crippen LogP contribution in [-0.4, -0.2) is 49.5 Å². The van der Waals surface area contributed by atoms with E-state index in [2.05, 4.69) is 26.5 Å². The molecule has 8 nitrogen and oxygen atoms in total. The van der Waals surface area contributed by atoms with E-state index in [0.29, 0.717) is 5.56 Å². The number of hydrogen-bond acceptors (Lipinski definition) is 5. The minimum absolute atomic E-state index is 0.0722. The second kappa shape index (κ2) is 8.89. The number of hydrazone groups is 1. The number of rotatable bonds is 7. The molecule has 0 saturated carbocycles. The second-order valence-corrected chi connectivity index (χ2v) is 8.40. The van der Waals surface area contributed by atoms with Gasteiger partial charge in [-0.2, -0.15) is 9.41 Å². The third-order valence-electron chi connectivity index (χ3n) is 3.45. The van der Waals surface area contributed by atoms with Crippen LogP contribution in [0.4, 0.5) is 0 Å². The van der Waals surface area contributed by atoms with E-state index in [1.807, 2.05) is 0 Å². The van der Waals surface area contributed by atoms with Crippen molar-refractivity contribution in [3.8, 4) is 0 Å². The van der Waals surface area contributed by atoms with Crippen molar-refractivity contribution >= 4 is 44.0 Å². The number of sulfonamides is 1. The topological polar surface area (TPSA) is 116 Å². The second-order valence-electron chi connectivity index (χ2n) is 5.44. The van der Waals surface area contributed by atoms with E-state index in [-0.39, 0.29) is 10.5 Å². The highest BCUT2D eigenvalue weighted by Gasteiger charge is 2.22. The molecule has 27 heavy (non-hydrogen) atoms. The van der Waals surface area contributed by atoms with E-state index in [9.17, 15) is 18.0 Å². The lowest BCUT2D eigenvalue weighted by Gasteiger charge is -2.16. The lowest BCUT2D eigenvalue weighted by molar-refractivity contribution is -0.121. The van der Waals surface area contributed by atoms with Gasteiger partial charge in [-0.25, -0.2) is 18.6 Å². The van der Waals surface area contributed by atoms with Crippen molar-refractivity contribution in [2.24, 2.45) is 5.10 Å².